The van der Waals surface area contributed by atoms with E-state index in [4.69, 9.17) is 5.26 Å². The van der Waals surface area contributed by atoms with Gasteiger partial charge in [0.1, 0.15) is 5.67 Å². The zero-order chi connectivity index (χ0) is 9.19. The average Bonchev–Trinajstić information content (AvgIpc) is 2.34. The molecule has 0 aromatic carbocycles. The van der Waals surface area contributed by atoms with Crippen LogP contribution in [0.4, 0.5) is 4.39 Å². The van der Waals surface area contributed by atoms with E-state index >= 15 is 0 Å². The van der Waals surface area contributed by atoms with Crippen molar-refractivity contribution in [3.8, 4) is 6.07 Å². The summed E-state index contributed by atoms with van der Waals surface area (Å²) in [6, 6.07) is 2.10. The minimum Gasteiger partial charge on any atom is -0.285 e. The molecule has 3 heteroatoms. The number of hydrogen-bond acceptors (Lipinski definition) is 2. The van der Waals surface area contributed by atoms with Crippen LogP contribution >= 0.6 is 0 Å². The van der Waals surface area contributed by atoms with E-state index < -0.39 is 5.67 Å². The van der Waals surface area contributed by atoms with Crippen LogP contribution in [0.3, 0.4) is 0 Å². The van der Waals surface area contributed by atoms with Crippen molar-refractivity contribution in [1.29, 1.82) is 5.26 Å². The number of alkyl halides is 1. The summed E-state index contributed by atoms with van der Waals surface area (Å²) in [7, 11) is 0. The van der Waals surface area contributed by atoms with Gasteiger partial charge in [-0.05, 0) is 19.8 Å². The van der Waals surface area contributed by atoms with Gasteiger partial charge in [0.25, 0.3) is 0 Å². The van der Waals surface area contributed by atoms with Crippen molar-refractivity contribution < 1.29 is 4.39 Å². The second-order valence-electron chi connectivity index (χ2n) is 3.69. The largest absolute Gasteiger partial charge is 0.285 e. The van der Waals surface area contributed by atoms with E-state index in [2.05, 4.69) is 6.07 Å². The van der Waals surface area contributed by atoms with Crippen molar-refractivity contribution in [2.75, 3.05) is 13.1 Å². The van der Waals surface area contributed by atoms with Gasteiger partial charge in [-0.1, -0.05) is 6.92 Å². The molecule has 2 unspecified atom stereocenters. The van der Waals surface area contributed by atoms with Crippen molar-refractivity contribution in [1.82, 2.24) is 4.90 Å². The summed E-state index contributed by atoms with van der Waals surface area (Å²) in [5, 5.41) is 8.74. The van der Waals surface area contributed by atoms with E-state index in [1.807, 2.05) is 11.8 Å². The molecule has 0 aromatic rings. The van der Waals surface area contributed by atoms with E-state index in [0.717, 1.165) is 13.0 Å². The minimum absolute atomic E-state index is 0.0948. The lowest BCUT2D eigenvalue weighted by Gasteiger charge is -2.20. The smallest absolute Gasteiger partial charge is 0.122 e. The highest BCUT2D eigenvalue weighted by Gasteiger charge is 2.36. The first-order valence-electron chi connectivity index (χ1n) is 4.41. The lowest BCUT2D eigenvalue weighted by Crippen LogP contribution is -2.34. The standard InChI is InChI=1S/C9H15FN2/c1-3-8(6-11)12-5-4-9(2,10)7-12/h8H,3-5,7H2,1-2H3. The topological polar surface area (TPSA) is 27.0 Å². The van der Waals surface area contributed by atoms with Crippen molar-refractivity contribution in [3.05, 3.63) is 0 Å². The highest BCUT2D eigenvalue weighted by atomic mass is 19.1. The Balaban J connectivity index is 2.52. The fourth-order valence-corrected chi connectivity index (χ4v) is 1.66. The molecule has 1 aliphatic heterocycles. The highest BCUT2D eigenvalue weighted by molar-refractivity contribution is 4.97. The Morgan fingerprint density at radius 2 is 2.42 bits per heavy atom. The third kappa shape index (κ3) is 1.95. The number of rotatable bonds is 2. The van der Waals surface area contributed by atoms with Gasteiger partial charge >= 0.3 is 0 Å². The van der Waals surface area contributed by atoms with Gasteiger partial charge in [0.05, 0.1) is 12.1 Å². The van der Waals surface area contributed by atoms with Crippen LogP contribution in [0, 0.1) is 11.3 Å². The molecule has 2 atom stereocenters. The molecule has 0 aromatic heterocycles. The van der Waals surface area contributed by atoms with Crippen LogP contribution < -0.4 is 0 Å². The third-order valence-electron chi connectivity index (χ3n) is 2.43. The van der Waals surface area contributed by atoms with E-state index in [-0.39, 0.29) is 6.04 Å². The van der Waals surface area contributed by atoms with Crippen LogP contribution in [0.5, 0.6) is 0 Å². The molecule has 12 heavy (non-hydrogen) atoms. The van der Waals surface area contributed by atoms with E-state index in [0.29, 0.717) is 13.0 Å². The first-order chi connectivity index (χ1) is 5.59. The van der Waals surface area contributed by atoms with Gasteiger partial charge in [-0.15, -0.1) is 0 Å². The monoisotopic (exact) mass is 170 g/mol. The maximum Gasteiger partial charge on any atom is 0.122 e. The van der Waals surface area contributed by atoms with Gasteiger partial charge in [-0.3, -0.25) is 4.90 Å². The summed E-state index contributed by atoms with van der Waals surface area (Å²) in [6.07, 6.45) is 1.35. The normalized spacial score (nSPS) is 33.2. The predicted octanol–water partition coefficient (Wildman–Crippen LogP) is 1.72. The summed E-state index contributed by atoms with van der Waals surface area (Å²) >= 11 is 0. The fraction of sp³-hybridized carbons (Fsp3) is 0.889. The molecule has 0 spiro atoms. The Morgan fingerprint density at radius 1 is 1.75 bits per heavy atom. The Bertz CT molecular complexity index is 195. The van der Waals surface area contributed by atoms with Gasteiger partial charge in [0, 0.05) is 13.1 Å². The number of nitrogens with zero attached hydrogens (tertiary/aromatic N) is 2. The van der Waals surface area contributed by atoms with Crippen LogP contribution in [0.1, 0.15) is 26.7 Å². The molecule has 0 amide bonds. The number of nitriles is 1. The SMILES string of the molecule is CCC(C#N)N1CCC(C)(F)C1. The molecule has 1 rings (SSSR count). The fourth-order valence-electron chi connectivity index (χ4n) is 1.66. The molecular formula is C9H15FN2. The second-order valence-corrected chi connectivity index (χ2v) is 3.69. The molecule has 0 saturated carbocycles. The Kier molecular flexibility index (Phi) is 2.69. The van der Waals surface area contributed by atoms with Crippen molar-refractivity contribution in [3.63, 3.8) is 0 Å². The van der Waals surface area contributed by atoms with Crippen LogP contribution in [0.25, 0.3) is 0 Å². The van der Waals surface area contributed by atoms with E-state index in [1.54, 1.807) is 6.92 Å². The van der Waals surface area contributed by atoms with Crippen LogP contribution in [0.15, 0.2) is 0 Å². The number of halogens is 1. The first kappa shape index (κ1) is 9.47. The molecule has 1 saturated heterocycles. The van der Waals surface area contributed by atoms with E-state index in [9.17, 15) is 4.39 Å². The molecule has 2 nitrogen and oxygen atoms in total. The number of hydrogen-bond donors (Lipinski definition) is 0. The lowest BCUT2D eigenvalue weighted by molar-refractivity contribution is 0.177. The molecule has 1 fully saturated rings. The van der Waals surface area contributed by atoms with Crippen LogP contribution in [0.2, 0.25) is 0 Å². The third-order valence-corrected chi connectivity index (χ3v) is 2.43. The minimum atomic E-state index is -1.08. The molecular weight excluding hydrogens is 155 g/mol. The molecule has 1 aliphatic rings. The predicted molar refractivity (Wildman–Crippen MR) is 45.4 cm³/mol. The zero-order valence-electron chi connectivity index (χ0n) is 7.68. The van der Waals surface area contributed by atoms with Gasteiger partial charge in [0.2, 0.25) is 0 Å². The molecule has 0 N–H and O–H groups in total. The average molecular weight is 170 g/mol. The van der Waals surface area contributed by atoms with Crippen LogP contribution in [-0.2, 0) is 0 Å². The maximum absolute atomic E-state index is 13.3. The van der Waals surface area contributed by atoms with Crippen LogP contribution in [-0.4, -0.2) is 29.7 Å². The Hall–Kier alpha value is -0.620. The maximum atomic E-state index is 13.3. The second kappa shape index (κ2) is 3.40. The number of likely N-dealkylation sites (tertiary alicyclic amines) is 1. The van der Waals surface area contributed by atoms with Gasteiger partial charge in [-0.2, -0.15) is 5.26 Å². The molecule has 0 radical (unpaired) electrons. The van der Waals surface area contributed by atoms with Crippen molar-refractivity contribution in [2.24, 2.45) is 0 Å². The zero-order valence-corrected chi connectivity index (χ0v) is 7.68. The van der Waals surface area contributed by atoms with E-state index in [1.165, 1.54) is 0 Å². The molecule has 0 bridgehead atoms. The van der Waals surface area contributed by atoms with Gasteiger partial charge < -0.3 is 0 Å². The lowest BCUT2D eigenvalue weighted by atomic mass is 10.1. The Labute approximate surface area is 73.0 Å². The summed E-state index contributed by atoms with van der Waals surface area (Å²) in [6.45, 7) is 4.71. The summed E-state index contributed by atoms with van der Waals surface area (Å²) in [4.78, 5) is 1.93. The summed E-state index contributed by atoms with van der Waals surface area (Å²) in [5.41, 5.74) is -1.08. The highest BCUT2D eigenvalue weighted by Crippen LogP contribution is 2.26. The summed E-state index contributed by atoms with van der Waals surface area (Å²) < 4.78 is 13.3. The molecule has 1 heterocycles. The summed E-state index contributed by atoms with van der Waals surface area (Å²) in [5.74, 6) is 0. The Morgan fingerprint density at radius 3 is 2.75 bits per heavy atom. The van der Waals surface area contributed by atoms with Gasteiger partial charge in [0.15, 0.2) is 0 Å². The first-order valence-corrected chi connectivity index (χ1v) is 4.41. The van der Waals surface area contributed by atoms with Crippen molar-refractivity contribution >= 4 is 0 Å². The van der Waals surface area contributed by atoms with Gasteiger partial charge in [-0.25, -0.2) is 4.39 Å². The quantitative estimate of drug-likeness (QED) is 0.631. The molecule has 0 aliphatic carbocycles. The van der Waals surface area contributed by atoms with Crippen molar-refractivity contribution in [2.45, 2.75) is 38.4 Å². The molecule has 68 valence electrons.